The molecule has 0 aliphatic carbocycles. The Labute approximate surface area is 115 Å². The Morgan fingerprint density at radius 3 is 1.39 bits per heavy atom. The number of carbonyl (C=O) groups is 2. The Hall–Kier alpha value is -1.38. The molecule has 0 atom stereocenters. The molecule has 0 saturated carbocycles. The average molecular weight is 281 g/mol. The van der Waals surface area contributed by atoms with Gasteiger partial charge in [0.2, 0.25) is 0 Å². The molecule has 0 bridgehead atoms. The SMILES string of the molecule is Cc1ccc2c(C(=O)Cl)c(C)ccc2c1C(=O)Cl. The van der Waals surface area contributed by atoms with Crippen LogP contribution in [0.4, 0.5) is 0 Å². The van der Waals surface area contributed by atoms with Crippen molar-refractivity contribution in [3.63, 3.8) is 0 Å². The van der Waals surface area contributed by atoms with Crippen molar-refractivity contribution in [2.45, 2.75) is 13.8 Å². The molecule has 2 aromatic rings. The lowest BCUT2D eigenvalue weighted by Crippen LogP contribution is -2.00. The summed E-state index contributed by atoms with van der Waals surface area (Å²) in [4.78, 5) is 23.0. The van der Waals surface area contributed by atoms with E-state index >= 15 is 0 Å². The molecule has 0 aromatic heterocycles. The summed E-state index contributed by atoms with van der Waals surface area (Å²) in [5.41, 5.74) is 2.40. The van der Waals surface area contributed by atoms with Crippen molar-refractivity contribution in [3.8, 4) is 0 Å². The van der Waals surface area contributed by atoms with Gasteiger partial charge in [-0.1, -0.05) is 24.3 Å². The number of carbonyl (C=O) groups excluding carboxylic acids is 2. The molecule has 2 nitrogen and oxygen atoms in total. The van der Waals surface area contributed by atoms with Crippen LogP contribution in [0.2, 0.25) is 0 Å². The maximum Gasteiger partial charge on any atom is 0.253 e. The molecule has 0 unspecified atom stereocenters. The van der Waals surface area contributed by atoms with E-state index in [1.54, 1.807) is 38.1 Å². The minimum atomic E-state index is -0.532. The minimum Gasteiger partial charge on any atom is -0.276 e. The lowest BCUT2D eigenvalue weighted by Gasteiger charge is -2.10. The van der Waals surface area contributed by atoms with Crippen LogP contribution in [0.5, 0.6) is 0 Å². The molecule has 0 fully saturated rings. The molecular formula is C14H10Cl2O2. The molecule has 4 heteroatoms. The molecule has 0 saturated heterocycles. The van der Waals surface area contributed by atoms with Crippen LogP contribution in [0.25, 0.3) is 10.8 Å². The Bertz CT molecular complexity index is 616. The van der Waals surface area contributed by atoms with E-state index in [1.807, 2.05) is 0 Å². The van der Waals surface area contributed by atoms with Crippen molar-refractivity contribution in [1.29, 1.82) is 0 Å². The number of hydrogen-bond acceptors (Lipinski definition) is 2. The van der Waals surface area contributed by atoms with Crippen LogP contribution < -0.4 is 0 Å². The first kappa shape index (κ1) is 13.1. The molecule has 0 aliphatic heterocycles. The van der Waals surface area contributed by atoms with Gasteiger partial charge in [0.1, 0.15) is 0 Å². The molecule has 0 aliphatic rings. The van der Waals surface area contributed by atoms with Gasteiger partial charge in [0.15, 0.2) is 0 Å². The molecule has 92 valence electrons. The second kappa shape index (κ2) is 4.71. The first-order valence-electron chi connectivity index (χ1n) is 5.36. The van der Waals surface area contributed by atoms with Crippen molar-refractivity contribution >= 4 is 44.5 Å². The summed E-state index contributed by atoms with van der Waals surface area (Å²) in [5, 5.41) is 0.249. The number of hydrogen-bond donors (Lipinski definition) is 0. The third kappa shape index (κ3) is 2.02. The Kier molecular flexibility index (Phi) is 3.42. The van der Waals surface area contributed by atoms with E-state index in [0.29, 0.717) is 21.9 Å². The fourth-order valence-electron chi connectivity index (χ4n) is 2.15. The third-order valence-corrected chi connectivity index (χ3v) is 3.39. The summed E-state index contributed by atoms with van der Waals surface area (Å²) < 4.78 is 0. The first-order chi connectivity index (χ1) is 8.43. The number of aryl methyl sites for hydroxylation is 2. The summed E-state index contributed by atoms with van der Waals surface area (Å²) >= 11 is 11.2. The highest BCUT2D eigenvalue weighted by Gasteiger charge is 2.16. The fourth-order valence-corrected chi connectivity index (χ4v) is 2.65. The Balaban J connectivity index is 2.98. The number of rotatable bonds is 2. The van der Waals surface area contributed by atoms with Crippen LogP contribution in [0.1, 0.15) is 31.8 Å². The second-order valence-electron chi connectivity index (χ2n) is 4.16. The highest BCUT2D eigenvalue weighted by molar-refractivity contribution is 6.70. The molecule has 2 aromatic carbocycles. The van der Waals surface area contributed by atoms with Crippen LogP contribution in [-0.4, -0.2) is 10.5 Å². The third-order valence-electron chi connectivity index (χ3n) is 3.01. The van der Waals surface area contributed by atoms with Crippen LogP contribution in [0, 0.1) is 13.8 Å². The monoisotopic (exact) mass is 280 g/mol. The van der Waals surface area contributed by atoms with Gasteiger partial charge >= 0.3 is 0 Å². The summed E-state index contributed by atoms with van der Waals surface area (Å²) in [6, 6.07) is 7.11. The largest absolute Gasteiger partial charge is 0.276 e. The zero-order chi connectivity index (χ0) is 13.4. The normalized spacial score (nSPS) is 10.7. The molecule has 0 amide bonds. The van der Waals surface area contributed by atoms with Crippen molar-refractivity contribution in [1.82, 2.24) is 0 Å². The molecule has 18 heavy (non-hydrogen) atoms. The van der Waals surface area contributed by atoms with Crippen LogP contribution in [0.3, 0.4) is 0 Å². The summed E-state index contributed by atoms with van der Waals surface area (Å²) in [6.07, 6.45) is 0. The Morgan fingerprint density at radius 2 is 1.11 bits per heavy atom. The average Bonchev–Trinajstić information content (AvgIpc) is 2.27. The minimum absolute atomic E-state index is 0.424. The van der Waals surface area contributed by atoms with E-state index in [9.17, 15) is 9.59 Å². The standard InChI is InChI=1S/C14H10Cl2O2/c1-7-3-5-10-9(11(7)13(15)17)6-4-8(2)12(10)14(16)18/h3-6H,1-2H3. The number of benzene rings is 2. The highest BCUT2D eigenvalue weighted by atomic mass is 35.5. The van der Waals surface area contributed by atoms with Gasteiger partial charge in [-0.05, 0) is 58.9 Å². The maximum atomic E-state index is 11.5. The lowest BCUT2D eigenvalue weighted by atomic mass is 9.95. The fraction of sp³-hybridized carbons (Fsp3) is 0.143. The van der Waals surface area contributed by atoms with Crippen molar-refractivity contribution in [2.75, 3.05) is 0 Å². The number of halogens is 2. The van der Waals surface area contributed by atoms with E-state index in [0.717, 1.165) is 11.1 Å². The van der Waals surface area contributed by atoms with Gasteiger partial charge in [-0.15, -0.1) is 0 Å². The van der Waals surface area contributed by atoms with E-state index in [-0.39, 0.29) is 0 Å². The molecule has 0 N–H and O–H groups in total. The zero-order valence-electron chi connectivity index (χ0n) is 9.88. The lowest BCUT2D eigenvalue weighted by molar-refractivity contribution is 0.107. The van der Waals surface area contributed by atoms with Crippen LogP contribution >= 0.6 is 23.2 Å². The quantitative estimate of drug-likeness (QED) is 0.772. The summed E-state index contributed by atoms with van der Waals surface area (Å²) in [5.74, 6) is 0. The topological polar surface area (TPSA) is 34.1 Å². The summed E-state index contributed by atoms with van der Waals surface area (Å²) in [6.45, 7) is 3.61. The van der Waals surface area contributed by atoms with Gasteiger partial charge in [-0.25, -0.2) is 0 Å². The zero-order valence-corrected chi connectivity index (χ0v) is 11.4. The van der Waals surface area contributed by atoms with E-state index in [4.69, 9.17) is 23.2 Å². The van der Waals surface area contributed by atoms with Crippen LogP contribution in [-0.2, 0) is 0 Å². The van der Waals surface area contributed by atoms with Gasteiger partial charge in [-0.2, -0.15) is 0 Å². The van der Waals surface area contributed by atoms with E-state index in [2.05, 4.69) is 0 Å². The highest BCUT2D eigenvalue weighted by Crippen LogP contribution is 2.29. The van der Waals surface area contributed by atoms with Crippen molar-refractivity contribution in [3.05, 3.63) is 46.5 Å². The van der Waals surface area contributed by atoms with Crippen molar-refractivity contribution < 1.29 is 9.59 Å². The maximum absolute atomic E-state index is 11.5. The van der Waals surface area contributed by atoms with Gasteiger partial charge in [0.05, 0.1) is 0 Å². The number of fused-ring (bicyclic) bond motifs is 1. The van der Waals surface area contributed by atoms with E-state index in [1.165, 1.54) is 0 Å². The van der Waals surface area contributed by atoms with Gasteiger partial charge in [-0.3, -0.25) is 9.59 Å². The van der Waals surface area contributed by atoms with E-state index < -0.39 is 10.5 Å². The van der Waals surface area contributed by atoms with Gasteiger partial charge < -0.3 is 0 Å². The smallest absolute Gasteiger partial charge is 0.253 e. The predicted octanol–water partition coefficient (Wildman–Crippen LogP) is 4.21. The van der Waals surface area contributed by atoms with Gasteiger partial charge in [0.25, 0.3) is 10.5 Å². The Morgan fingerprint density at radius 1 is 0.778 bits per heavy atom. The molecule has 0 heterocycles. The second-order valence-corrected chi connectivity index (χ2v) is 4.84. The first-order valence-corrected chi connectivity index (χ1v) is 6.11. The predicted molar refractivity (Wildman–Crippen MR) is 73.8 cm³/mol. The molecule has 0 spiro atoms. The molecular weight excluding hydrogens is 271 g/mol. The van der Waals surface area contributed by atoms with Crippen molar-refractivity contribution in [2.24, 2.45) is 0 Å². The van der Waals surface area contributed by atoms with Crippen LogP contribution in [0.15, 0.2) is 24.3 Å². The van der Waals surface area contributed by atoms with Gasteiger partial charge in [0, 0.05) is 11.1 Å². The molecule has 2 rings (SSSR count). The molecule has 0 radical (unpaired) electrons. The summed E-state index contributed by atoms with van der Waals surface area (Å²) in [7, 11) is 0.